The average molecular weight is 271 g/mol. The lowest BCUT2D eigenvalue weighted by atomic mass is 9.80. The monoisotopic (exact) mass is 271 g/mol. The largest absolute Gasteiger partial charge is 0.460 e. The predicted molar refractivity (Wildman–Crippen MR) is 78.6 cm³/mol. The number of esters is 1. The topological polar surface area (TPSA) is 29.5 Å². The van der Waals surface area contributed by atoms with E-state index in [9.17, 15) is 4.79 Å². The Labute approximate surface area is 120 Å². The van der Waals surface area contributed by atoms with Gasteiger partial charge in [0, 0.05) is 12.6 Å². The van der Waals surface area contributed by atoms with Gasteiger partial charge >= 0.3 is 5.97 Å². The van der Waals surface area contributed by atoms with Gasteiger partial charge < -0.3 is 4.74 Å². The highest BCUT2D eigenvalue weighted by atomic mass is 16.5. The Morgan fingerprint density at radius 2 is 2.20 bits per heavy atom. The van der Waals surface area contributed by atoms with Crippen molar-refractivity contribution in [3.8, 4) is 0 Å². The molecular formula is C17H21NO2. The summed E-state index contributed by atoms with van der Waals surface area (Å²) in [5.74, 6) is 0.491. The number of rotatable bonds is 3. The molecule has 0 saturated carbocycles. The van der Waals surface area contributed by atoms with Crippen LogP contribution in [0.1, 0.15) is 30.1 Å². The standard InChI is InChI=1S/C17H21NO2/c1-2-13-11-18-9-8-15(13)10-16(18)12-20-17(19)14-6-4-3-5-7-14/h2-7,15-16H,8-12H2,1H3/b13-2-/t15-,16+/m0/s1. The van der Waals surface area contributed by atoms with Crippen molar-refractivity contribution in [1.29, 1.82) is 0 Å². The molecule has 3 fully saturated rings. The summed E-state index contributed by atoms with van der Waals surface area (Å²) in [6.07, 6.45) is 4.63. The Hall–Kier alpha value is -1.61. The number of carbonyl (C=O) groups is 1. The van der Waals surface area contributed by atoms with Gasteiger partial charge in [0.15, 0.2) is 0 Å². The van der Waals surface area contributed by atoms with E-state index in [0.29, 0.717) is 24.1 Å². The molecule has 3 heterocycles. The van der Waals surface area contributed by atoms with Crippen molar-refractivity contribution in [2.75, 3.05) is 19.7 Å². The SMILES string of the molecule is C/C=C1/CN2CC[C@H]1C[C@@H]2COC(=O)c1ccccc1. The molecule has 1 unspecified atom stereocenters. The van der Waals surface area contributed by atoms with Gasteiger partial charge in [-0.3, -0.25) is 4.90 Å². The third-order valence-corrected chi connectivity index (χ3v) is 4.53. The van der Waals surface area contributed by atoms with Crippen molar-refractivity contribution in [2.45, 2.75) is 25.8 Å². The summed E-state index contributed by atoms with van der Waals surface area (Å²) in [6.45, 7) is 4.83. The van der Waals surface area contributed by atoms with Gasteiger partial charge in [0.1, 0.15) is 6.61 Å². The average Bonchev–Trinajstić information content (AvgIpc) is 2.53. The molecule has 0 amide bonds. The molecule has 2 bridgehead atoms. The molecular weight excluding hydrogens is 250 g/mol. The molecule has 20 heavy (non-hydrogen) atoms. The maximum Gasteiger partial charge on any atom is 0.338 e. The van der Waals surface area contributed by atoms with Crippen LogP contribution in [0, 0.1) is 5.92 Å². The Morgan fingerprint density at radius 3 is 2.85 bits per heavy atom. The van der Waals surface area contributed by atoms with E-state index in [1.807, 2.05) is 18.2 Å². The van der Waals surface area contributed by atoms with E-state index in [4.69, 9.17) is 4.74 Å². The zero-order valence-electron chi connectivity index (χ0n) is 11.9. The first-order valence-corrected chi connectivity index (χ1v) is 7.39. The van der Waals surface area contributed by atoms with E-state index < -0.39 is 0 Å². The van der Waals surface area contributed by atoms with Crippen LogP contribution in [0.2, 0.25) is 0 Å². The summed E-state index contributed by atoms with van der Waals surface area (Å²) < 4.78 is 5.49. The summed E-state index contributed by atoms with van der Waals surface area (Å²) in [5, 5.41) is 0. The van der Waals surface area contributed by atoms with Gasteiger partial charge in [-0.25, -0.2) is 4.79 Å². The van der Waals surface area contributed by atoms with E-state index in [1.165, 1.54) is 6.42 Å². The second kappa shape index (κ2) is 5.80. The van der Waals surface area contributed by atoms with E-state index >= 15 is 0 Å². The van der Waals surface area contributed by atoms with Crippen LogP contribution in [0.25, 0.3) is 0 Å². The maximum atomic E-state index is 12.0. The van der Waals surface area contributed by atoms with Crippen LogP contribution in [0.3, 0.4) is 0 Å². The Balaban J connectivity index is 1.57. The molecule has 3 aliphatic rings. The van der Waals surface area contributed by atoms with Crippen LogP contribution in [0.15, 0.2) is 42.0 Å². The lowest BCUT2D eigenvalue weighted by molar-refractivity contribution is 0.0144. The van der Waals surface area contributed by atoms with Gasteiger partial charge in [0.2, 0.25) is 0 Å². The first-order chi connectivity index (χ1) is 9.78. The van der Waals surface area contributed by atoms with Crippen LogP contribution in [-0.2, 0) is 4.74 Å². The van der Waals surface area contributed by atoms with E-state index in [0.717, 1.165) is 19.5 Å². The zero-order chi connectivity index (χ0) is 13.9. The molecule has 0 aliphatic carbocycles. The van der Waals surface area contributed by atoms with Crippen LogP contribution in [0.4, 0.5) is 0 Å². The van der Waals surface area contributed by atoms with Crippen LogP contribution >= 0.6 is 0 Å². The van der Waals surface area contributed by atoms with Crippen LogP contribution in [-0.4, -0.2) is 36.6 Å². The van der Waals surface area contributed by atoms with Gasteiger partial charge in [0.25, 0.3) is 0 Å². The first kappa shape index (κ1) is 13.4. The predicted octanol–water partition coefficient (Wildman–Crippen LogP) is 2.88. The molecule has 0 radical (unpaired) electrons. The smallest absolute Gasteiger partial charge is 0.338 e. The summed E-state index contributed by atoms with van der Waals surface area (Å²) in [5.41, 5.74) is 2.19. The van der Waals surface area contributed by atoms with Gasteiger partial charge in [-0.05, 0) is 44.4 Å². The van der Waals surface area contributed by atoms with Crippen molar-refractivity contribution in [1.82, 2.24) is 4.90 Å². The van der Waals surface area contributed by atoms with Crippen LogP contribution in [0.5, 0.6) is 0 Å². The molecule has 3 atom stereocenters. The second-order valence-corrected chi connectivity index (χ2v) is 5.67. The number of fused-ring (bicyclic) bond motifs is 3. The molecule has 3 heteroatoms. The van der Waals surface area contributed by atoms with Crippen molar-refractivity contribution in [3.05, 3.63) is 47.5 Å². The Kier molecular flexibility index (Phi) is 3.88. The lowest BCUT2D eigenvalue weighted by Crippen LogP contribution is -2.52. The number of benzene rings is 1. The Morgan fingerprint density at radius 1 is 1.40 bits per heavy atom. The number of hydrogen-bond acceptors (Lipinski definition) is 3. The number of ether oxygens (including phenoxy) is 1. The number of hydrogen-bond donors (Lipinski definition) is 0. The summed E-state index contributed by atoms with van der Waals surface area (Å²) >= 11 is 0. The van der Waals surface area contributed by atoms with Gasteiger partial charge in [0.05, 0.1) is 5.56 Å². The number of piperidine rings is 3. The van der Waals surface area contributed by atoms with Gasteiger partial charge in [-0.2, -0.15) is 0 Å². The van der Waals surface area contributed by atoms with Crippen molar-refractivity contribution < 1.29 is 9.53 Å². The number of nitrogens with zero attached hydrogens (tertiary/aromatic N) is 1. The Bertz CT molecular complexity index is 509. The third-order valence-electron chi connectivity index (χ3n) is 4.53. The molecule has 3 aliphatic heterocycles. The minimum absolute atomic E-state index is 0.209. The van der Waals surface area contributed by atoms with E-state index in [-0.39, 0.29) is 5.97 Å². The minimum atomic E-state index is -0.209. The number of carbonyl (C=O) groups excluding carboxylic acids is 1. The highest BCUT2D eigenvalue weighted by Crippen LogP contribution is 2.35. The molecule has 0 spiro atoms. The summed E-state index contributed by atoms with van der Waals surface area (Å²) in [7, 11) is 0. The molecule has 106 valence electrons. The minimum Gasteiger partial charge on any atom is -0.460 e. The fraction of sp³-hybridized carbons (Fsp3) is 0.471. The maximum absolute atomic E-state index is 12.0. The molecule has 1 aromatic rings. The molecule has 3 nitrogen and oxygen atoms in total. The van der Waals surface area contributed by atoms with Crippen molar-refractivity contribution in [2.24, 2.45) is 5.92 Å². The molecule has 3 saturated heterocycles. The van der Waals surface area contributed by atoms with Gasteiger partial charge in [-0.15, -0.1) is 0 Å². The highest BCUT2D eigenvalue weighted by molar-refractivity contribution is 5.89. The summed E-state index contributed by atoms with van der Waals surface area (Å²) in [6, 6.07) is 9.62. The van der Waals surface area contributed by atoms with Crippen LogP contribution < -0.4 is 0 Å². The number of allylic oxidation sites excluding steroid dienone is 1. The zero-order valence-corrected chi connectivity index (χ0v) is 11.9. The highest BCUT2D eigenvalue weighted by Gasteiger charge is 2.36. The lowest BCUT2D eigenvalue weighted by Gasteiger charge is -2.46. The summed E-state index contributed by atoms with van der Waals surface area (Å²) in [4.78, 5) is 14.4. The third kappa shape index (κ3) is 2.63. The van der Waals surface area contributed by atoms with Crippen molar-refractivity contribution in [3.63, 3.8) is 0 Å². The molecule has 0 aromatic heterocycles. The second-order valence-electron chi connectivity index (χ2n) is 5.67. The van der Waals surface area contributed by atoms with E-state index in [2.05, 4.69) is 17.9 Å². The quantitative estimate of drug-likeness (QED) is 0.625. The molecule has 1 aromatic carbocycles. The van der Waals surface area contributed by atoms with Crippen molar-refractivity contribution >= 4 is 5.97 Å². The molecule has 0 N–H and O–H groups in total. The van der Waals surface area contributed by atoms with E-state index in [1.54, 1.807) is 17.7 Å². The fourth-order valence-electron chi connectivity index (χ4n) is 3.34. The first-order valence-electron chi connectivity index (χ1n) is 7.39. The van der Waals surface area contributed by atoms with Gasteiger partial charge in [-0.1, -0.05) is 29.8 Å². The normalized spacial score (nSPS) is 30.4. The fourth-order valence-corrected chi connectivity index (χ4v) is 3.34. The molecule has 4 rings (SSSR count).